The Kier molecular flexibility index (Phi) is 6.00. The molecule has 1 saturated heterocycles. The Labute approximate surface area is 103 Å². The van der Waals surface area contributed by atoms with Crippen LogP contribution in [0.3, 0.4) is 0 Å². The van der Waals surface area contributed by atoms with Gasteiger partial charge in [-0.15, -0.1) is 0 Å². The number of aromatic nitrogens is 1. The van der Waals surface area contributed by atoms with Gasteiger partial charge in [0, 0.05) is 24.9 Å². The molecule has 0 radical (unpaired) electrons. The minimum atomic E-state index is 0.201. The number of carbonyl (C=O) groups is 1. The van der Waals surface area contributed by atoms with E-state index in [9.17, 15) is 4.79 Å². The molecule has 3 nitrogen and oxygen atoms in total. The standard InChI is InChI=1S/C9H11N.C5H9NO/c1-2-3-5-9-6-4-7-10-8-9;1-4-2-3-5(7)6-4/h3-8H,2H2,1H3;4H,2-3H2,1H3,(H,6,7)/b5-3+;. The Bertz CT molecular complexity index is 360. The van der Waals surface area contributed by atoms with Crippen molar-refractivity contribution >= 4 is 12.0 Å². The summed E-state index contributed by atoms with van der Waals surface area (Å²) in [4.78, 5) is 14.3. The van der Waals surface area contributed by atoms with Gasteiger partial charge in [-0.3, -0.25) is 9.78 Å². The second-order valence-corrected chi connectivity index (χ2v) is 4.10. The van der Waals surface area contributed by atoms with Crippen LogP contribution < -0.4 is 5.32 Å². The second-order valence-electron chi connectivity index (χ2n) is 4.10. The summed E-state index contributed by atoms with van der Waals surface area (Å²) in [6.07, 6.45) is 10.6. The van der Waals surface area contributed by atoms with Crippen LogP contribution in [0, 0.1) is 0 Å². The maximum Gasteiger partial charge on any atom is 0.220 e. The van der Waals surface area contributed by atoms with E-state index in [1.165, 1.54) is 5.56 Å². The van der Waals surface area contributed by atoms with Crippen molar-refractivity contribution in [1.82, 2.24) is 10.3 Å². The molecule has 17 heavy (non-hydrogen) atoms. The molecule has 92 valence electrons. The Hall–Kier alpha value is -1.64. The van der Waals surface area contributed by atoms with Crippen LogP contribution in [0.2, 0.25) is 0 Å². The second kappa shape index (κ2) is 7.60. The number of hydrogen-bond donors (Lipinski definition) is 1. The monoisotopic (exact) mass is 232 g/mol. The lowest BCUT2D eigenvalue weighted by Crippen LogP contribution is -2.21. The van der Waals surface area contributed by atoms with Crippen molar-refractivity contribution < 1.29 is 4.79 Å². The summed E-state index contributed by atoms with van der Waals surface area (Å²) in [5, 5.41) is 2.78. The molecule has 1 unspecified atom stereocenters. The highest BCUT2D eigenvalue weighted by Crippen LogP contribution is 2.03. The maximum absolute atomic E-state index is 10.3. The Balaban J connectivity index is 0.000000181. The highest BCUT2D eigenvalue weighted by molar-refractivity contribution is 5.78. The molecule has 0 spiro atoms. The minimum absolute atomic E-state index is 0.201. The Morgan fingerprint density at radius 2 is 2.41 bits per heavy atom. The molecule has 1 N–H and O–H groups in total. The van der Waals surface area contributed by atoms with E-state index in [2.05, 4.69) is 29.4 Å². The Morgan fingerprint density at radius 1 is 1.59 bits per heavy atom. The van der Waals surface area contributed by atoms with Crippen LogP contribution >= 0.6 is 0 Å². The van der Waals surface area contributed by atoms with Crippen LogP contribution in [-0.4, -0.2) is 16.9 Å². The molecule has 1 aliphatic heterocycles. The van der Waals surface area contributed by atoms with Crippen molar-refractivity contribution in [2.45, 2.75) is 39.2 Å². The largest absolute Gasteiger partial charge is 0.354 e. The van der Waals surface area contributed by atoms with Gasteiger partial charge in [-0.25, -0.2) is 0 Å². The third-order valence-electron chi connectivity index (χ3n) is 2.44. The van der Waals surface area contributed by atoms with Crippen LogP contribution in [0.25, 0.3) is 6.08 Å². The number of rotatable bonds is 2. The van der Waals surface area contributed by atoms with Gasteiger partial charge >= 0.3 is 0 Å². The number of amides is 1. The molecule has 2 rings (SSSR count). The first kappa shape index (κ1) is 13.4. The molecular weight excluding hydrogens is 212 g/mol. The van der Waals surface area contributed by atoms with Crippen LogP contribution in [0.4, 0.5) is 0 Å². The summed E-state index contributed by atoms with van der Waals surface area (Å²) >= 11 is 0. The summed E-state index contributed by atoms with van der Waals surface area (Å²) in [5.74, 6) is 0.201. The summed E-state index contributed by atoms with van der Waals surface area (Å²) in [6.45, 7) is 4.14. The summed E-state index contributed by atoms with van der Waals surface area (Å²) in [5.41, 5.74) is 1.17. The van der Waals surface area contributed by atoms with Crippen molar-refractivity contribution in [3.05, 3.63) is 36.2 Å². The normalized spacial score (nSPS) is 18.7. The van der Waals surface area contributed by atoms with E-state index in [1.807, 2.05) is 25.3 Å². The van der Waals surface area contributed by atoms with E-state index in [0.29, 0.717) is 6.04 Å². The highest BCUT2D eigenvalue weighted by atomic mass is 16.1. The molecule has 3 heteroatoms. The smallest absolute Gasteiger partial charge is 0.220 e. The molecule has 1 atom stereocenters. The van der Waals surface area contributed by atoms with Crippen LogP contribution in [-0.2, 0) is 4.79 Å². The Morgan fingerprint density at radius 3 is 2.82 bits per heavy atom. The molecule has 1 aromatic heterocycles. The van der Waals surface area contributed by atoms with Crippen molar-refractivity contribution in [1.29, 1.82) is 0 Å². The molecule has 0 saturated carbocycles. The first-order valence-corrected chi connectivity index (χ1v) is 6.08. The number of nitrogens with one attached hydrogen (secondary N) is 1. The number of nitrogens with zero attached hydrogens (tertiary/aromatic N) is 1. The molecule has 1 aliphatic rings. The average molecular weight is 232 g/mol. The quantitative estimate of drug-likeness (QED) is 0.852. The zero-order valence-electron chi connectivity index (χ0n) is 10.5. The summed E-state index contributed by atoms with van der Waals surface area (Å²) in [7, 11) is 0. The molecule has 1 amide bonds. The first-order valence-electron chi connectivity index (χ1n) is 6.08. The van der Waals surface area contributed by atoms with Gasteiger partial charge in [0.2, 0.25) is 5.91 Å². The fraction of sp³-hybridized carbons (Fsp3) is 0.429. The average Bonchev–Trinajstić information content (AvgIpc) is 2.73. The summed E-state index contributed by atoms with van der Waals surface area (Å²) < 4.78 is 0. The van der Waals surface area contributed by atoms with E-state index >= 15 is 0 Å². The van der Waals surface area contributed by atoms with Crippen LogP contribution in [0.1, 0.15) is 38.7 Å². The van der Waals surface area contributed by atoms with E-state index in [1.54, 1.807) is 6.20 Å². The predicted molar refractivity (Wildman–Crippen MR) is 70.4 cm³/mol. The molecule has 0 aromatic carbocycles. The van der Waals surface area contributed by atoms with E-state index in [-0.39, 0.29) is 5.91 Å². The molecule has 1 aromatic rings. The third-order valence-corrected chi connectivity index (χ3v) is 2.44. The number of hydrogen-bond acceptors (Lipinski definition) is 2. The van der Waals surface area contributed by atoms with Crippen molar-refractivity contribution in [3.8, 4) is 0 Å². The molecule has 0 bridgehead atoms. The van der Waals surface area contributed by atoms with Crippen LogP contribution in [0.5, 0.6) is 0 Å². The maximum atomic E-state index is 10.3. The molecule has 2 heterocycles. The lowest BCUT2D eigenvalue weighted by molar-refractivity contribution is -0.119. The summed E-state index contributed by atoms with van der Waals surface area (Å²) in [6, 6.07) is 4.40. The van der Waals surface area contributed by atoms with Gasteiger partial charge in [0.1, 0.15) is 0 Å². The van der Waals surface area contributed by atoms with Gasteiger partial charge in [-0.2, -0.15) is 0 Å². The van der Waals surface area contributed by atoms with Gasteiger partial charge in [0.25, 0.3) is 0 Å². The van der Waals surface area contributed by atoms with Gasteiger partial charge in [-0.05, 0) is 31.4 Å². The zero-order valence-corrected chi connectivity index (χ0v) is 10.5. The van der Waals surface area contributed by atoms with Crippen molar-refractivity contribution in [2.75, 3.05) is 0 Å². The van der Waals surface area contributed by atoms with Gasteiger partial charge in [-0.1, -0.05) is 25.1 Å². The number of allylic oxidation sites excluding steroid dienone is 1. The minimum Gasteiger partial charge on any atom is -0.354 e. The lowest BCUT2D eigenvalue weighted by atomic mass is 10.2. The number of pyridine rings is 1. The zero-order chi connectivity index (χ0) is 12.5. The predicted octanol–water partition coefficient (Wildman–Crippen LogP) is 2.79. The van der Waals surface area contributed by atoms with E-state index in [0.717, 1.165) is 19.3 Å². The van der Waals surface area contributed by atoms with Gasteiger partial charge in [0.15, 0.2) is 0 Å². The van der Waals surface area contributed by atoms with Crippen molar-refractivity contribution in [2.24, 2.45) is 0 Å². The molecule has 1 fully saturated rings. The molecular formula is C14H20N2O. The fourth-order valence-electron chi connectivity index (χ4n) is 1.50. The highest BCUT2D eigenvalue weighted by Gasteiger charge is 2.14. The van der Waals surface area contributed by atoms with Crippen molar-refractivity contribution in [3.63, 3.8) is 0 Å². The first-order chi connectivity index (χ1) is 8.22. The number of carbonyl (C=O) groups excluding carboxylic acids is 1. The van der Waals surface area contributed by atoms with Gasteiger partial charge in [0.05, 0.1) is 0 Å². The third kappa shape index (κ3) is 5.85. The fourth-order valence-corrected chi connectivity index (χ4v) is 1.50. The van der Waals surface area contributed by atoms with E-state index < -0.39 is 0 Å². The van der Waals surface area contributed by atoms with Crippen LogP contribution in [0.15, 0.2) is 30.6 Å². The van der Waals surface area contributed by atoms with Gasteiger partial charge < -0.3 is 5.32 Å². The van der Waals surface area contributed by atoms with E-state index in [4.69, 9.17) is 0 Å². The SMILES string of the molecule is CC/C=C/c1cccnc1.CC1CCC(=O)N1. The topological polar surface area (TPSA) is 42.0 Å². The lowest BCUT2D eigenvalue weighted by Gasteiger charge is -1.95. The molecule has 0 aliphatic carbocycles.